The minimum atomic E-state index is -3.01. The Morgan fingerprint density at radius 3 is 2.65 bits per heavy atom. The average molecular weight is 319 g/mol. The molecule has 0 saturated carbocycles. The van der Waals surface area contributed by atoms with Crippen LogP contribution in [0.15, 0.2) is 48.5 Å². The molecule has 0 unspecified atom stereocenters. The van der Waals surface area contributed by atoms with Crippen LogP contribution < -0.4 is 10.1 Å². The van der Waals surface area contributed by atoms with E-state index in [1.165, 1.54) is 18.2 Å². The predicted octanol–water partition coefficient (Wildman–Crippen LogP) is 2.68. The molecule has 3 rings (SSSR count). The highest BCUT2D eigenvalue weighted by Gasteiger charge is 2.32. The molecule has 23 heavy (non-hydrogen) atoms. The molecule has 2 N–H and O–H groups in total. The monoisotopic (exact) mass is 319 g/mol. The zero-order chi connectivity index (χ0) is 16.4. The molecule has 120 valence electrons. The number of aliphatic hydroxyl groups is 1. The van der Waals surface area contributed by atoms with E-state index >= 15 is 0 Å². The Hall–Kier alpha value is -2.47. The minimum absolute atomic E-state index is 0.00406. The highest BCUT2D eigenvalue weighted by atomic mass is 19.3. The average Bonchev–Trinajstić information content (AvgIpc) is 2.83. The molecule has 0 aliphatic heterocycles. The van der Waals surface area contributed by atoms with E-state index in [0.717, 1.165) is 11.1 Å². The number of ether oxygens (including phenoxy) is 1. The predicted molar refractivity (Wildman–Crippen MR) is 79.4 cm³/mol. The molecule has 0 bridgehead atoms. The summed E-state index contributed by atoms with van der Waals surface area (Å²) < 4.78 is 29.2. The van der Waals surface area contributed by atoms with Crippen LogP contribution in [0.4, 0.5) is 8.78 Å². The molecule has 2 aromatic rings. The van der Waals surface area contributed by atoms with E-state index in [1.807, 2.05) is 24.3 Å². The molecular weight excluding hydrogens is 304 g/mol. The quantitative estimate of drug-likeness (QED) is 0.911. The van der Waals surface area contributed by atoms with Crippen molar-refractivity contribution in [2.45, 2.75) is 25.2 Å². The molecule has 2 atom stereocenters. The van der Waals surface area contributed by atoms with Crippen LogP contribution in [0.25, 0.3) is 0 Å². The standard InChI is InChI=1S/C17H15F2NO3/c18-17(19)23-14-8-4-3-7-12(14)16(22)20-15-11-6-2-1-5-10(11)9-13(15)21/h1-8,13,15,17,21H,9H2,(H,20,22)/t13-,15+/m0/s1. The fourth-order valence-corrected chi connectivity index (χ4v) is 2.82. The lowest BCUT2D eigenvalue weighted by molar-refractivity contribution is -0.0501. The topological polar surface area (TPSA) is 58.6 Å². The lowest BCUT2D eigenvalue weighted by atomic mass is 10.1. The molecule has 0 aromatic heterocycles. The van der Waals surface area contributed by atoms with E-state index < -0.39 is 24.7 Å². The fraction of sp³-hybridized carbons (Fsp3) is 0.235. The zero-order valence-electron chi connectivity index (χ0n) is 12.1. The van der Waals surface area contributed by atoms with Crippen molar-refractivity contribution >= 4 is 5.91 Å². The van der Waals surface area contributed by atoms with Gasteiger partial charge in [0.1, 0.15) is 5.75 Å². The number of halogens is 2. The van der Waals surface area contributed by atoms with Gasteiger partial charge in [0, 0.05) is 6.42 Å². The summed E-state index contributed by atoms with van der Waals surface area (Å²) in [6.45, 7) is -3.01. The maximum atomic E-state index is 12.4. The first kappa shape index (κ1) is 15.4. The van der Waals surface area contributed by atoms with Gasteiger partial charge in [0.15, 0.2) is 0 Å². The van der Waals surface area contributed by atoms with Gasteiger partial charge in [-0.05, 0) is 23.3 Å². The van der Waals surface area contributed by atoms with Gasteiger partial charge in [0.05, 0.1) is 17.7 Å². The SMILES string of the molecule is O=C(N[C@@H]1c2ccccc2C[C@@H]1O)c1ccccc1OC(F)F. The van der Waals surface area contributed by atoms with Gasteiger partial charge in [-0.2, -0.15) is 8.78 Å². The van der Waals surface area contributed by atoms with Crippen molar-refractivity contribution in [3.63, 3.8) is 0 Å². The summed E-state index contributed by atoms with van der Waals surface area (Å²) in [5, 5.41) is 12.9. The Labute approximate surface area is 131 Å². The van der Waals surface area contributed by atoms with Crippen LogP contribution in [0, 0.1) is 0 Å². The summed E-state index contributed by atoms with van der Waals surface area (Å²) >= 11 is 0. The van der Waals surface area contributed by atoms with Crippen LogP contribution in [0.2, 0.25) is 0 Å². The number of alkyl halides is 2. The van der Waals surface area contributed by atoms with Crippen LogP contribution >= 0.6 is 0 Å². The molecule has 0 saturated heterocycles. The number of rotatable bonds is 4. The summed E-state index contributed by atoms with van der Waals surface area (Å²) in [5.41, 5.74) is 1.80. The maximum absolute atomic E-state index is 12.4. The Kier molecular flexibility index (Phi) is 4.25. The van der Waals surface area contributed by atoms with E-state index in [0.29, 0.717) is 6.42 Å². The van der Waals surface area contributed by atoms with Gasteiger partial charge < -0.3 is 15.2 Å². The van der Waals surface area contributed by atoms with Crippen molar-refractivity contribution in [3.05, 3.63) is 65.2 Å². The minimum Gasteiger partial charge on any atom is -0.434 e. The van der Waals surface area contributed by atoms with Crippen LogP contribution in [-0.2, 0) is 6.42 Å². The maximum Gasteiger partial charge on any atom is 0.387 e. The Morgan fingerprint density at radius 1 is 1.17 bits per heavy atom. The van der Waals surface area contributed by atoms with E-state index in [-0.39, 0.29) is 11.3 Å². The lowest BCUT2D eigenvalue weighted by Crippen LogP contribution is -2.34. The number of aliphatic hydroxyl groups excluding tert-OH is 1. The van der Waals surface area contributed by atoms with Gasteiger partial charge in [0.25, 0.3) is 5.91 Å². The summed E-state index contributed by atoms with van der Waals surface area (Å²) in [6.07, 6.45) is -0.310. The van der Waals surface area contributed by atoms with Gasteiger partial charge >= 0.3 is 6.61 Å². The molecular formula is C17H15F2NO3. The van der Waals surface area contributed by atoms with Crippen molar-refractivity contribution in [1.82, 2.24) is 5.32 Å². The fourth-order valence-electron chi connectivity index (χ4n) is 2.82. The van der Waals surface area contributed by atoms with Gasteiger partial charge in [-0.25, -0.2) is 0 Å². The zero-order valence-corrected chi connectivity index (χ0v) is 12.1. The third-order valence-corrected chi connectivity index (χ3v) is 3.84. The van der Waals surface area contributed by atoms with Crippen molar-refractivity contribution in [2.75, 3.05) is 0 Å². The third kappa shape index (κ3) is 3.17. The molecule has 0 fully saturated rings. The first-order chi connectivity index (χ1) is 11.1. The second-order valence-corrected chi connectivity index (χ2v) is 5.30. The molecule has 1 aliphatic carbocycles. The highest BCUT2D eigenvalue weighted by molar-refractivity contribution is 5.97. The van der Waals surface area contributed by atoms with Crippen LogP contribution in [-0.4, -0.2) is 23.7 Å². The largest absolute Gasteiger partial charge is 0.434 e. The third-order valence-electron chi connectivity index (χ3n) is 3.84. The molecule has 0 heterocycles. The summed E-state index contributed by atoms with van der Waals surface area (Å²) in [5.74, 6) is -0.761. The van der Waals surface area contributed by atoms with Gasteiger partial charge in [0.2, 0.25) is 0 Å². The van der Waals surface area contributed by atoms with Crippen molar-refractivity contribution < 1.29 is 23.4 Å². The number of hydrogen-bond donors (Lipinski definition) is 2. The summed E-state index contributed by atoms with van der Waals surface area (Å²) in [4.78, 5) is 12.4. The van der Waals surface area contributed by atoms with Crippen molar-refractivity contribution in [3.8, 4) is 5.75 Å². The Morgan fingerprint density at radius 2 is 1.87 bits per heavy atom. The normalized spacial score (nSPS) is 19.5. The molecule has 0 radical (unpaired) electrons. The number of fused-ring (bicyclic) bond motifs is 1. The molecule has 1 aliphatic rings. The Balaban J connectivity index is 1.83. The van der Waals surface area contributed by atoms with E-state index in [9.17, 15) is 18.7 Å². The van der Waals surface area contributed by atoms with Crippen molar-refractivity contribution in [1.29, 1.82) is 0 Å². The second-order valence-electron chi connectivity index (χ2n) is 5.30. The van der Waals surface area contributed by atoms with Crippen LogP contribution in [0.5, 0.6) is 5.75 Å². The molecule has 6 heteroatoms. The number of benzene rings is 2. The smallest absolute Gasteiger partial charge is 0.387 e. The first-order valence-corrected chi connectivity index (χ1v) is 7.17. The summed E-state index contributed by atoms with van der Waals surface area (Å²) in [6, 6.07) is 12.6. The number of hydrogen-bond acceptors (Lipinski definition) is 3. The Bertz CT molecular complexity index is 720. The van der Waals surface area contributed by atoms with E-state index in [2.05, 4.69) is 10.1 Å². The first-order valence-electron chi connectivity index (χ1n) is 7.17. The molecule has 4 nitrogen and oxygen atoms in total. The highest BCUT2D eigenvalue weighted by Crippen LogP contribution is 2.32. The number of carbonyl (C=O) groups excluding carboxylic acids is 1. The lowest BCUT2D eigenvalue weighted by Gasteiger charge is -2.19. The number of carbonyl (C=O) groups is 1. The van der Waals surface area contributed by atoms with Gasteiger partial charge in [-0.1, -0.05) is 36.4 Å². The van der Waals surface area contributed by atoms with E-state index in [1.54, 1.807) is 6.07 Å². The van der Waals surface area contributed by atoms with Crippen LogP contribution in [0.1, 0.15) is 27.5 Å². The summed E-state index contributed by atoms with van der Waals surface area (Å²) in [7, 11) is 0. The molecule has 0 spiro atoms. The van der Waals surface area contributed by atoms with Gasteiger partial charge in [-0.3, -0.25) is 4.79 Å². The number of amides is 1. The number of nitrogens with one attached hydrogen (secondary N) is 1. The van der Waals surface area contributed by atoms with Gasteiger partial charge in [-0.15, -0.1) is 0 Å². The molecule has 2 aromatic carbocycles. The second kappa shape index (κ2) is 6.34. The van der Waals surface area contributed by atoms with E-state index in [4.69, 9.17) is 0 Å². The van der Waals surface area contributed by atoms with Crippen LogP contribution in [0.3, 0.4) is 0 Å². The molecule has 1 amide bonds. The van der Waals surface area contributed by atoms with Crippen molar-refractivity contribution in [2.24, 2.45) is 0 Å². The number of para-hydroxylation sites is 1.